The smallest absolute Gasteiger partial charge is 0.227 e. The zero-order chi connectivity index (χ0) is 17.1. The lowest BCUT2D eigenvalue weighted by atomic mass is 10.1. The van der Waals surface area contributed by atoms with Crippen LogP contribution in [0.4, 0.5) is 17.3 Å². The first-order chi connectivity index (χ1) is 11.6. The summed E-state index contributed by atoms with van der Waals surface area (Å²) in [5.41, 5.74) is 11.7. The quantitative estimate of drug-likeness (QED) is 0.708. The number of methoxy groups -OCH3 is 1. The minimum absolute atomic E-state index is 0.546. The number of nitrogens with two attached hydrogens (primary N) is 1. The summed E-state index contributed by atoms with van der Waals surface area (Å²) in [5.74, 6) is 1.20. The minimum atomic E-state index is 0.546. The number of nitrogens with one attached hydrogen (secondary N) is 1. The summed E-state index contributed by atoms with van der Waals surface area (Å²) in [4.78, 5) is 8.86. The van der Waals surface area contributed by atoms with Crippen molar-refractivity contribution in [3.63, 3.8) is 0 Å². The fourth-order valence-corrected chi connectivity index (χ4v) is 2.42. The van der Waals surface area contributed by atoms with E-state index >= 15 is 0 Å². The molecule has 1 heterocycles. The van der Waals surface area contributed by atoms with E-state index in [0.717, 1.165) is 16.9 Å². The van der Waals surface area contributed by atoms with Crippen LogP contribution in [0.5, 0.6) is 5.75 Å². The van der Waals surface area contributed by atoms with E-state index < -0.39 is 0 Å². The van der Waals surface area contributed by atoms with E-state index in [4.69, 9.17) is 10.5 Å². The molecule has 0 atom stereocenters. The molecule has 3 aromatic rings. The topological polar surface area (TPSA) is 73.1 Å². The molecule has 0 bridgehead atoms. The molecule has 0 aliphatic rings. The van der Waals surface area contributed by atoms with Crippen molar-refractivity contribution in [1.29, 1.82) is 0 Å². The van der Waals surface area contributed by atoms with Crippen LogP contribution in [-0.4, -0.2) is 17.1 Å². The molecule has 0 saturated heterocycles. The Morgan fingerprint density at radius 3 is 2.54 bits per heavy atom. The number of aryl methyl sites for hydroxylation is 2. The van der Waals surface area contributed by atoms with Crippen molar-refractivity contribution in [3.8, 4) is 17.0 Å². The van der Waals surface area contributed by atoms with Gasteiger partial charge in [0, 0.05) is 17.4 Å². The van der Waals surface area contributed by atoms with Crippen LogP contribution in [0.2, 0.25) is 0 Å². The van der Waals surface area contributed by atoms with Gasteiger partial charge >= 0.3 is 0 Å². The van der Waals surface area contributed by atoms with Gasteiger partial charge in [-0.05, 0) is 61.4 Å². The molecule has 0 fully saturated rings. The van der Waals surface area contributed by atoms with Gasteiger partial charge in [-0.3, -0.25) is 0 Å². The van der Waals surface area contributed by atoms with Gasteiger partial charge in [-0.1, -0.05) is 6.07 Å². The van der Waals surface area contributed by atoms with E-state index in [1.807, 2.05) is 30.3 Å². The van der Waals surface area contributed by atoms with Crippen LogP contribution in [0.25, 0.3) is 11.3 Å². The van der Waals surface area contributed by atoms with Crippen molar-refractivity contribution < 1.29 is 4.74 Å². The molecule has 0 radical (unpaired) electrons. The van der Waals surface area contributed by atoms with E-state index in [9.17, 15) is 0 Å². The second-order valence-electron chi connectivity index (χ2n) is 5.65. The third-order valence-electron chi connectivity index (χ3n) is 3.94. The van der Waals surface area contributed by atoms with Crippen molar-refractivity contribution >= 4 is 17.3 Å². The monoisotopic (exact) mass is 320 g/mol. The first kappa shape index (κ1) is 15.8. The predicted molar refractivity (Wildman–Crippen MR) is 97.6 cm³/mol. The number of hydrogen-bond donors (Lipinski definition) is 2. The van der Waals surface area contributed by atoms with Gasteiger partial charge in [-0.25, -0.2) is 9.97 Å². The van der Waals surface area contributed by atoms with Crippen LogP contribution >= 0.6 is 0 Å². The molecule has 3 N–H and O–H groups in total. The second kappa shape index (κ2) is 6.58. The highest BCUT2D eigenvalue weighted by Gasteiger charge is 2.06. The summed E-state index contributed by atoms with van der Waals surface area (Å²) in [6.45, 7) is 4.17. The number of nitrogens with zero attached hydrogens (tertiary/aromatic N) is 2. The average Bonchev–Trinajstić information content (AvgIpc) is 2.58. The Morgan fingerprint density at radius 1 is 1.00 bits per heavy atom. The summed E-state index contributed by atoms with van der Waals surface area (Å²) < 4.78 is 5.19. The molecule has 122 valence electrons. The molecular formula is C19H20N4O. The van der Waals surface area contributed by atoms with Crippen LogP contribution in [-0.2, 0) is 0 Å². The van der Waals surface area contributed by atoms with Crippen molar-refractivity contribution in [3.05, 3.63) is 59.8 Å². The molecular weight excluding hydrogens is 300 g/mol. The third kappa shape index (κ3) is 3.30. The van der Waals surface area contributed by atoms with Gasteiger partial charge in [-0.2, -0.15) is 0 Å². The maximum absolute atomic E-state index is 5.98. The highest BCUT2D eigenvalue weighted by atomic mass is 16.5. The highest BCUT2D eigenvalue weighted by molar-refractivity contribution is 5.69. The van der Waals surface area contributed by atoms with Gasteiger partial charge in [0.15, 0.2) is 0 Å². The van der Waals surface area contributed by atoms with Crippen molar-refractivity contribution in [1.82, 2.24) is 9.97 Å². The summed E-state index contributed by atoms with van der Waals surface area (Å²) in [7, 11) is 1.60. The molecule has 0 unspecified atom stereocenters. The number of nitrogen functional groups attached to an aromatic ring is 1. The van der Waals surface area contributed by atoms with Crippen LogP contribution in [0.3, 0.4) is 0 Å². The standard InChI is InChI=1S/C19H20N4O/c1-12-4-6-15(10-13(12)2)22-19-21-9-8-17(23-19)14-5-7-18(24-3)16(20)11-14/h4-11H,20H2,1-3H3,(H,21,22,23). The number of aromatic nitrogens is 2. The predicted octanol–water partition coefficient (Wildman–Crippen LogP) is 4.09. The van der Waals surface area contributed by atoms with E-state index in [0.29, 0.717) is 17.4 Å². The third-order valence-corrected chi connectivity index (χ3v) is 3.94. The molecule has 1 aromatic heterocycles. The van der Waals surface area contributed by atoms with Gasteiger partial charge in [0.05, 0.1) is 18.5 Å². The SMILES string of the molecule is COc1ccc(-c2ccnc(Nc3ccc(C)c(C)c3)n2)cc1N. The van der Waals surface area contributed by atoms with Crippen LogP contribution in [0.15, 0.2) is 48.7 Å². The molecule has 24 heavy (non-hydrogen) atoms. The normalized spacial score (nSPS) is 10.5. The highest BCUT2D eigenvalue weighted by Crippen LogP contribution is 2.28. The van der Waals surface area contributed by atoms with Crippen LogP contribution < -0.4 is 15.8 Å². The number of ether oxygens (including phenoxy) is 1. The van der Waals surface area contributed by atoms with Gasteiger partial charge < -0.3 is 15.8 Å². The van der Waals surface area contributed by atoms with Gasteiger partial charge in [-0.15, -0.1) is 0 Å². The molecule has 5 heteroatoms. The lowest BCUT2D eigenvalue weighted by molar-refractivity contribution is 0.417. The van der Waals surface area contributed by atoms with E-state index in [-0.39, 0.29) is 0 Å². The Balaban J connectivity index is 1.88. The second-order valence-corrected chi connectivity index (χ2v) is 5.65. The largest absolute Gasteiger partial charge is 0.495 e. The van der Waals surface area contributed by atoms with Gasteiger partial charge in [0.25, 0.3) is 0 Å². The van der Waals surface area contributed by atoms with E-state index in [1.165, 1.54) is 11.1 Å². The molecule has 2 aromatic carbocycles. The van der Waals surface area contributed by atoms with E-state index in [1.54, 1.807) is 13.3 Å². The minimum Gasteiger partial charge on any atom is -0.495 e. The fraction of sp³-hybridized carbons (Fsp3) is 0.158. The molecule has 0 aliphatic carbocycles. The van der Waals surface area contributed by atoms with Crippen molar-refractivity contribution in [2.45, 2.75) is 13.8 Å². The molecule has 3 rings (SSSR count). The Hall–Kier alpha value is -3.08. The van der Waals surface area contributed by atoms with E-state index in [2.05, 4.69) is 41.3 Å². The van der Waals surface area contributed by atoms with Crippen molar-refractivity contribution in [2.24, 2.45) is 0 Å². The summed E-state index contributed by atoms with van der Waals surface area (Å²) in [5, 5.41) is 3.24. The van der Waals surface area contributed by atoms with Gasteiger partial charge in [0.1, 0.15) is 5.75 Å². The number of hydrogen-bond acceptors (Lipinski definition) is 5. The van der Waals surface area contributed by atoms with Crippen molar-refractivity contribution in [2.75, 3.05) is 18.2 Å². The zero-order valence-electron chi connectivity index (χ0n) is 14.0. The molecule has 0 spiro atoms. The van der Waals surface area contributed by atoms with Crippen LogP contribution in [0, 0.1) is 13.8 Å². The summed E-state index contributed by atoms with van der Waals surface area (Å²) in [6.07, 6.45) is 1.73. The Bertz CT molecular complexity index is 877. The maximum Gasteiger partial charge on any atom is 0.227 e. The Labute approximate surface area is 141 Å². The maximum atomic E-state index is 5.98. The Kier molecular flexibility index (Phi) is 4.33. The first-order valence-corrected chi connectivity index (χ1v) is 7.68. The Morgan fingerprint density at radius 2 is 1.83 bits per heavy atom. The number of benzene rings is 2. The lowest BCUT2D eigenvalue weighted by Crippen LogP contribution is -1.99. The average molecular weight is 320 g/mol. The molecule has 5 nitrogen and oxygen atoms in total. The lowest BCUT2D eigenvalue weighted by Gasteiger charge is -2.10. The number of rotatable bonds is 4. The van der Waals surface area contributed by atoms with Gasteiger partial charge in [0.2, 0.25) is 5.95 Å². The molecule has 0 saturated carbocycles. The first-order valence-electron chi connectivity index (χ1n) is 7.68. The van der Waals surface area contributed by atoms with Crippen LogP contribution in [0.1, 0.15) is 11.1 Å². The molecule has 0 aliphatic heterocycles. The fourth-order valence-electron chi connectivity index (χ4n) is 2.42. The molecule has 0 amide bonds. The summed E-state index contributed by atoms with van der Waals surface area (Å²) in [6, 6.07) is 13.6. The zero-order valence-corrected chi connectivity index (χ0v) is 14.0. The summed E-state index contributed by atoms with van der Waals surface area (Å²) >= 11 is 0. The number of anilines is 3.